The van der Waals surface area contributed by atoms with Crippen LogP contribution >= 0.6 is 31.9 Å². The van der Waals surface area contributed by atoms with Gasteiger partial charge in [0.05, 0.1) is 11.4 Å². The second kappa shape index (κ2) is 15.0. The minimum Gasteiger partial charge on any atom is -0.476 e. The molecule has 18 heteroatoms. The number of rotatable bonds is 6. The Kier molecular flexibility index (Phi) is 14.0. The second-order valence-electron chi connectivity index (χ2n) is 6.80. The van der Waals surface area contributed by atoms with E-state index in [0.717, 1.165) is 0 Å². The molecule has 0 saturated carbocycles. The monoisotopic (exact) mass is 671 g/mol. The summed E-state index contributed by atoms with van der Waals surface area (Å²) in [5.74, 6) is -1.75. The highest BCUT2D eigenvalue weighted by molar-refractivity contribution is 9.10. The van der Waals surface area contributed by atoms with Gasteiger partial charge in [-0.25, -0.2) is 14.8 Å². The molecular formula is C19H21Br2F6N5O5. The number of carbonyl (C=O) groups excluding carboxylic acids is 1. The van der Waals surface area contributed by atoms with E-state index in [0.29, 0.717) is 8.95 Å². The molecule has 0 aliphatic carbocycles. The van der Waals surface area contributed by atoms with Gasteiger partial charge in [0.1, 0.15) is 11.8 Å². The lowest BCUT2D eigenvalue weighted by atomic mass is 10.1. The molecule has 208 valence electrons. The number of alkyl halides is 6. The summed E-state index contributed by atoms with van der Waals surface area (Å²) >= 11 is 6.20. The van der Waals surface area contributed by atoms with Crippen molar-refractivity contribution in [2.24, 2.45) is 5.73 Å². The number of Topliss-reactive ketones (excluding diaryl/α,β-unsaturated/α-hetero) is 1. The summed E-state index contributed by atoms with van der Waals surface area (Å²) in [5.41, 5.74) is 15.4. The molecular weight excluding hydrogens is 652 g/mol. The Bertz CT molecular complexity index is 1060. The predicted octanol–water partition coefficient (Wildman–Crippen LogP) is 3.31. The largest absolute Gasteiger partial charge is 0.476 e. The number of ketones is 1. The molecule has 0 aliphatic rings. The summed E-state index contributed by atoms with van der Waals surface area (Å²) in [6.45, 7) is -0.774. The molecule has 0 aliphatic heterocycles. The van der Waals surface area contributed by atoms with Crippen LogP contribution in [-0.2, 0) is 0 Å². The van der Waals surface area contributed by atoms with Crippen molar-refractivity contribution in [3.63, 3.8) is 0 Å². The van der Waals surface area contributed by atoms with Crippen molar-refractivity contribution >= 4 is 55.0 Å². The summed E-state index contributed by atoms with van der Waals surface area (Å²) in [7, 11) is 0. The number of hydrogen-bond acceptors (Lipinski definition) is 9. The lowest BCUT2D eigenvalue weighted by Gasteiger charge is -2.13. The number of halogens is 8. The Morgan fingerprint density at radius 2 is 1.27 bits per heavy atom. The fourth-order valence-corrected chi connectivity index (χ4v) is 2.70. The predicted molar refractivity (Wildman–Crippen MR) is 126 cm³/mol. The maximum atomic E-state index is 12.0. The normalized spacial score (nSPS) is 12.8. The topological polar surface area (TPSA) is 199 Å². The maximum Gasteiger partial charge on any atom is 0.415 e. The molecule has 37 heavy (non-hydrogen) atoms. The lowest BCUT2D eigenvalue weighted by molar-refractivity contribution is -0.205. The van der Waals surface area contributed by atoms with Crippen LogP contribution in [0.2, 0.25) is 0 Å². The van der Waals surface area contributed by atoms with E-state index in [-0.39, 0.29) is 22.8 Å². The molecule has 2 rings (SSSR count). The molecule has 0 bridgehead atoms. The summed E-state index contributed by atoms with van der Waals surface area (Å²) in [6.07, 6.45) is -12.6. The molecule has 2 atom stereocenters. The number of pyridine rings is 2. The highest BCUT2D eigenvalue weighted by Gasteiger charge is 2.38. The Morgan fingerprint density at radius 1 is 0.865 bits per heavy atom. The molecule has 0 aromatic carbocycles. The van der Waals surface area contributed by atoms with Crippen LogP contribution < -0.4 is 17.2 Å². The zero-order chi connectivity index (χ0) is 29.1. The van der Waals surface area contributed by atoms with E-state index in [1.165, 1.54) is 24.5 Å². The quantitative estimate of drug-likeness (QED) is 0.195. The first-order chi connectivity index (χ1) is 16.8. The van der Waals surface area contributed by atoms with Crippen LogP contribution in [0, 0.1) is 0 Å². The lowest BCUT2D eigenvalue weighted by Crippen LogP contribution is -2.35. The van der Waals surface area contributed by atoms with Crippen LogP contribution in [-0.4, -0.2) is 68.1 Å². The second-order valence-corrected chi connectivity index (χ2v) is 8.63. The molecule has 0 radical (unpaired) electrons. The van der Waals surface area contributed by atoms with Gasteiger partial charge in [-0.15, -0.1) is 0 Å². The van der Waals surface area contributed by atoms with Gasteiger partial charge >= 0.3 is 18.3 Å². The van der Waals surface area contributed by atoms with E-state index >= 15 is 0 Å². The minimum absolute atomic E-state index is 0.0795. The van der Waals surface area contributed by atoms with E-state index in [1.807, 2.05) is 0 Å². The molecule has 2 heterocycles. The molecule has 2 aromatic rings. The van der Waals surface area contributed by atoms with Crippen LogP contribution in [0.15, 0.2) is 33.5 Å². The molecule has 0 fully saturated rings. The Morgan fingerprint density at radius 3 is 1.57 bits per heavy atom. The Hall–Kier alpha value is -2.54. The molecule has 2 unspecified atom stereocenters. The number of aromatic nitrogens is 2. The molecule has 0 spiro atoms. The van der Waals surface area contributed by atoms with E-state index < -0.39 is 55.7 Å². The Labute approximate surface area is 222 Å². The average molecular weight is 673 g/mol. The van der Waals surface area contributed by atoms with Gasteiger partial charge in [-0.3, -0.25) is 4.79 Å². The molecule has 0 saturated heterocycles. The van der Waals surface area contributed by atoms with Crippen LogP contribution in [0.3, 0.4) is 0 Å². The number of aromatic carboxylic acids is 1. The van der Waals surface area contributed by atoms with Gasteiger partial charge in [0.25, 0.3) is 0 Å². The van der Waals surface area contributed by atoms with E-state index in [4.69, 9.17) is 26.8 Å². The number of carbonyl (C=O) groups is 2. The van der Waals surface area contributed by atoms with Gasteiger partial charge in [0.2, 0.25) is 0 Å². The average Bonchev–Trinajstić information content (AvgIpc) is 2.75. The summed E-state index contributed by atoms with van der Waals surface area (Å²) in [4.78, 5) is 29.3. The molecule has 0 amide bonds. The summed E-state index contributed by atoms with van der Waals surface area (Å²) < 4.78 is 70.7. The van der Waals surface area contributed by atoms with Crippen LogP contribution in [0.25, 0.3) is 0 Å². The van der Waals surface area contributed by atoms with E-state index in [9.17, 15) is 35.9 Å². The van der Waals surface area contributed by atoms with Crippen molar-refractivity contribution < 1.29 is 51.3 Å². The van der Waals surface area contributed by atoms with Gasteiger partial charge in [-0.05, 0) is 50.4 Å². The third-order valence-corrected chi connectivity index (χ3v) is 4.73. The third kappa shape index (κ3) is 13.0. The van der Waals surface area contributed by atoms with Crippen molar-refractivity contribution in [3.05, 3.63) is 44.9 Å². The number of carboxylic acid groups (broad SMARTS) is 1. The number of nitrogen functional groups attached to an aromatic ring is 2. The fourth-order valence-electron chi connectivity index (χ4n) is 2.01. The van der Waals surface area contributed by atoms with Crippen molar-refractivity contribution in [3.8, 4) is 0 Å². The van der Waals surface area contributed by atoms with Crippen LogP contribution in [0.5, 0.6) is 0 Å². The number of aliphatic hydroxyl groups excluding tert-OH is 2. The molecule has 10 nitrogen and oxygen atoms in total. The fraction of sp³-hybridized carbons (Fsp3) is 0.368. The first kappa shape index (κ1) is 34.5. The van der Waals surface area contributed by atoms with Gasteiger partial charge in [0, 0.05) is 34.3 Å². The van der Waals surface area contributed by atoms with Gasteiger partial charge < -0.3 is 32.5 Å². The van der Waals surface area contributed by atoms with Crippen molar-refractivity contribution in [2.45, 2.75) is 37.4 Å². The number of anilines is 2. The standard InChI is InChI=1S/C10H10BrF3N2O2.C6H5BrN2O2.C3H6F3NO/c11-5-3-6(15)9(16-4-5)7(17)1-2-8(18)10(12,13)14;7-3-1-4(8)5(6(10)11)9-2-3;4-3(5,6)2(8)1-7/h3-4,8,18H,1-2,15H2;1-2H,8H2,(H,10,11);2,8H,1,7H2. The van der Waals surface area contributed by atoms with Gasteiger partial charge in [0.15, 0.2) is 17.6 Å². The first-order valence-electron chi connectivity index (χ1n) is 9.59. The first-order valence-corrected chi connectivity index (χ1v) is 11.2. The van der Waals surface area contributed by atoms with Gasteiger partial charge in [-0.1, -0.05) is 0 Å². The van der Waals surface area contributed by atoms with Crippen LogP contribution in [0.1, 0.15) is 33.8 Å². The maximum absolute atomic E-state index is 12.0. The number of nitrogens with zero attached hydrogens (tertiary/aromatic N) is 2. The number of hydrogen-bond donors (Lipinski definition) is 6. The van der Waals surface area contributed by atoms with Gasteiger partial charge in [-0.2, -0.15) is 26.3 Å². The summed E-state index contributed by atoms with van der Waals surface area (Å²) in [6, 6.07) is 2.93. The third-order valence-electron chi connectivity index (χ3n) is 3.86. The van der Waals surface area contributed by atoms with Crippen LogP contribution in [0.4, 0.5) is 37.7 Å². The minimum atomic E-state index is -4.72. The zero-order valence-corrected chi connectivity index (χ0v) is 21.6. The number of carboxylic acids is 1. The van der Waals surface area contributed by atoms with E-state index in [2.05, 4.69) is 47.6 Å². The number of aliphatic hydroxyl groups is 2. The summed E-state index contributed by atoms with van der Waals surface area (Å²) in [5, 5.41) is 25.2. The smallest absolute Gasteiger partial charge is 0.415 e. The molecule has 9 N–H and O–H groups in total. The van der Waals surface area contributed by atoms with E-state index in [1.54, 1.807) is 0 Å². The van der Waals surface area contributed by atoms with Crippen molar-refractivity contribution in [1.29, 1.82) is 0 Å². The highest BCUT2D eigenvalue weighted by Crippen LogP contribution is 2.25. The highest BCUT2D eigenvalue weighted by atomic mass is 79.9. The molecule has 2 aromatic heterocycles. The number of nitrogens with two attached hydrogens (primary N) is 3. The van der Waals surface area contributed by atoms with Crippen molar-refractivity contribution in [1.82, 2.24) is 9.97 Å². The van der Waals surface area contributed by atoms with Crippen molar-refractivity contribution in [2.75, 3.05) is 18.0 Å². The zero-order valence-electron chi connectivity index (χ0n) is 18.4. The Balaban J connectivity index is 0.000000580. The SMILES string of the molecule is NCC(O)C(F)(F)F.Nc1cc(Br)cnc1C(=O)CCC(O)C(F)(F)F.Nc1cc(Br)cnc1C(=O)O.